The summed E-state index contributed by atoms with van der Waals surface area (Å²) in [5, 5.41) is 13.3. The molecule has 3 aromatic rings. The van der Waals surface area contributed by atoms with E-state index in [4.69, 9.17) is 9.47 Å². The minimum atomic E-state index is -4.85. The summed E-state index contributed by atoms with van der Waals surface area (Å²) >= 11 is 0. The number of nitro benzene ring substituents is 1. The van der Waals surface area contributed by atoms with Crippen molar-refractivity contribution < 1.29 is 45.5 Å². The maximum Gasteiger partial charge on any atom is 0.416 e. The molecule has 190 valence electrons. The number of alkyl halides is 6. The highest BCUT2D eigenvalue weighted by molar-refractivity contribution is 5.93. The fourth-order valence-corrected chi connectivity index (χ4v) is 2.95. The molecule has 0 bridgehead atoms. The van der Waals surface area contributed by atoms with Crippen molar-refractivity contribution in [1.29, 1.82) is 0 Å². The number of benzene rings is 3. The summed E-state index contributed by atoms with van der Waals surface area (Å²) in [5.41, 5.74) is -3.06. The smallest absolute Gasteiger partial charge is 0.416 e. The first-order chi connectivity index (χ1) is 16.8. The Morgan fingerprint density at radius 3 is 2.00 bits per heavy atom. The van der Waals surface area contributed by atoms with Crippen LogP contribution in [-0.2, 0) is 23.8 Å². The molecular weight excluding hydrogens is 498 g/mol. The second kappa shape index (κ2) is 10.5. The summed E-state index contributed by atoms with van der Waals surface area (Å²) in [6.45, 7) is -0.968. The van der Waals surface area contributed by atoms with Crippen molar-refractivity contribution in [3.63, 3.8) is 0 Å². The van der Waals surface area contributed by atoms with Crippen LogP contribution in [0.25, 0.3) is 0 Å². The normalized spacial score (nSPS) is 11.6. The molecule has 0 heterocycles. The van der Waals surface area contributed by atoms with Crippen LogP contribution >= 0.6 is 0 Å². The van der Waals surface area contributed by atoms with Crippen LogP contribution in [0.5, 0.6) is 11.5 Å². The summed E-state index contributed by atoms with van der Waals surface area (Å²) in [6, 6.07) is 12.5. The number of amides is 1. The second-order valence-electron chi connectivity index (χ2n) is 7.26. The number of carbonyl (C=O) groups is 1. The van der Waals surface area contributed by atoms with Crippen LogP contribution in [0.1, 0.15) is 16.7 Å². The van der Waals surface area contributed by atoms with Gasteiger partial charge in [-0.3, -0.25) is 14.9 Å². The van der Waals surface area contributed by atoms with Crippen LogP contribution in [-0.4, -0.2) is 17.4 Å². The fourth-order valence-electron chi connectivity index (χ4n) is 2.95. The van der Waals surface area contributed by atoms with Gasteiger partial charge in [-0.2, -0.15) is 26.3 Å². The molecule has 0 unspecified atom stereocenters. The quantitative estimate of drug-likeness (QED) is 0.219. The number of rotatable bonds is 8. The van der Waals surface area contributed by atoms with Gasteiger partial charge >= 0.3 is 18.0 Å². The van der Waals surface area contributed by atoms with E-state index >= 15 is 0 Å². The van der Waals surface area contributed by atoms with E-state index in [0.29, 0.717) is 23.8 Å². The first kappa shape index (κ1) is 26.3. The summed E-state index contributed by atoms with van der Waals surface area (Å²) in [5.74, 6) is -1.76. The Balaban J connectivity index is 1.77. The molecule has 0 aliphatic rings. The summed E-state index contributed by atoms with van der Waals surface area (Å²) in [6.07, 6.45) is -9.57. The van der Waals surface area contributed by atoms with Crippen LogP contribution in [0.4, 0.5) is 37.7 Å². The highest BCUT2D eigenvalue weighted by Crippen LogP contribution is 2.37. The third-order valence-corrected chi connectivity index (χ3v) is 4.66. The molecule has 1 N–H and O–H groups in total. The molecule has 0 saturated heterocycles. The lowest BCUT2D eigenvalue weighted by molar-refractivity contribution is -0.386. The molecule has 0 fully saturated rings. The number of carbonyl (C=O) groups excluding carboxylic acids is 1. The van der Waals surface area contributed by atoms with Gasteiger partial charge in [-0.25, -0.2) is 0 Å². The lowest BCUT2D eigenvalue weighted by atomic mass is 10.1. The van der Waals surface area contributed by atoms with Crippen molar-refractivity contribution in [2.24, 2.45) is 0 Å². The topological polar surface area (TPSA) is 90.7 Å². The van der Waals surface area contributed by atoms with Gasteiger partial charge in [-0.05, 0) is 35.9 Å². The summed E-state index contributed by atoms with van der Waals surface area (Å²) < 4.78 is 88.5. The van der Waals surface area contributed by atoms with E-state index in [9.17, 15) is 41.3 Å². The first-order valence-electron chi connectivity index (χ1n) is 10.0. The molecule has 7 nitrogen and oxygen atoms in total. The molecular formula is C23H16F6N2O5. The molecule has 0 aliphatic heterocycles. The number of hydrogen-bond acceptors (Lipinski definition) is 5. The Bertz CT molecular complexity index is 1250. The Kier molecular flexibility index (Phi) is 7.71. The van der Waals surface area contributed by atoms with E-state index in [-0.39, 0.29) is 24.1 Å². The third kappa shape index (κ3) is 6.87. The molecule has 3 aromatic carbocycles. The van der Waals surface area contributed by atoms with Crippen molar-refractivity contribution in [2.75, 3.05) is 11.9 Å². The summed E-state index contributed by atoms with van der Waals surface area (Å²) in [4.78, 5) is 22.4. The highest BCUT2D eigenvalue weighted by Gasteiger charge is 2.34. The van der Waals surface area contributed by atoms with E-state index in [1.165, 1.54) is 0 Å². The molecule has 0 aliphatic carbocycles. The van der Waals surface area contributed by atoms with Gasteiger partial charge in [0, 0.05) is 6.07 Å². The maximum atomic E-state index is 13.2. The third-order valence-electron chi connectivity index (χ3n) is 4.66. The molecule has 13 heteroatoms. The SMILES string of the molecule is O=C(COc1ccc(C(F)(F)F)cc1[N+](=O)[O-])Nc1cc(C(F)(F)F)ccc1OCc1ccccc1. The highest BCUT2D eigenvalue weighted by atomic mass is 19.4. The number of hydrogen-bond donors (Lipinski definition) is 1. The van der Waals surface area contributed by atoms with Crippen LogP contribution in [0.2, 0.25) is 0 Å². The molecule has 0 aromatic heterocycles. The van der Waals surface area contributed by atoms with Gasteiger partial charge in [0.1, 0.15) is 12.4 Å². The summed E-state index contributed by atoms with van der Waals surface area (Å²) in [7, 11) is 0. The first-order valence-corrected chi connectivity index (χ1v) is 10.0. The van der Waals surface area contributed by atoms with E-state index in [1.807, 2.05) is 0 Å². The predicted octanol–water partition coefficient (Wildman–Crippen LogP) is 6.23. The van der Waals surface area contributed by atoms with Crippen LogP contribution in [0.3, 0.4) is 0 Å². The monoisotopic (exact) mass is 514 g/mol. The number of nitrogens with zero attached hydrogens (tertiary/aromatic N) is 1. The van der Waals surface area contributed by atoms with Crippen molar-refractivity contribution in [2.45, 2.75) is 19.0 Å². The van der Waals surface area contributed by atoms with E-state index in [1.54, 1.807) is 30.3 Å². The Morgan fingerprint density at radius 1 is 0.833 bits per heavy atom. The average molecular weight is 514 g/mol. The van der Waals surface area contributed by atoms with Gasteiger partial charge in [-0.1, -0.05) is 30.3 Å². The standard InChI is InChI=1S/C23H16F6N2O5/c24-22(25,26)15-6-8-19(35-12-14-4-2-1-3-5-14)17(10-15)30-21(32)13-36-20-9-7-16(23(27,28)29)11-18(20)31(33)34/h1-11H,12-13H2,(H,30,32). The Labute approximate surface area is 199 Å². The minimum absolute atomic E-state index is 0.0245. The Morgan fingerprint density at radius 2 is 1.42 bits per heavy atom. The zero-order valence-electron chi connectivity index (χ0n) is 18.0. The molecule has 1 amide bonds. The Hall–Kier alpha value is -4.29. The fraction of sp³-hybridized carbons (Fsp3) is 0.174. The molecule has 36 heavy (non-hydrogen) atoms. The van der Waals surface area contributed by atoms with Gasteiger partial charge in [0.25, 0.3) is 5.91 Å². The molecule has 0 saturated carbocycles. The maximum absolute atomic E-state index is 13.2. The molecule has 3 rings (SSSR count). The van der Waals surface area contributed by atoms with Crippen molar-refractivity contribution in [1.82, 2.24) is 0 Å². The average Bonchev–Trinajstić information content (AvgIpc) is 2.81. The number of nitrogens with one attached hydrogen (secondary N) is 1. The predicted molar refractivity (Wildman–Crippen MR) is 114 cm³/mol. The zero-order chi connectivity index (χ0) is 26.5. The van der Waals surface area contributed by atoms with Gasteiger partial charge in [0.2, 0.25) is 0 Å². The lowest BCUT2D eigenvalue weighted by Crippen LogP contribution is -2.21. The number of nitro groups is 1. The van der Waals surface area contributed by atoms with Gasteiger partial charge in [0.05, 0.1) is 21.7 Å². The van der Waals surface area contributed by atoms with E-state index in [2.05, 4.69) is 5.32 Å². The van der Waals surface area contributed by atoms with Crippen molar-refractivity contribution >= 4 is 17.3 Å². The van der Waals surface area contributed by atoms with Crippen LogP contribution < -0.4 is 14.8 Å². The van der Waals surface area contributed by atoms with E-state index in [0.717, 1.165) is 12.1 Å². The lowest BCUT2D eigenvalue weighted by Gasteiger charge is -2.16. The zero-order valence-corrected chi connectivity index (χ0v) is 18.0. The molecule has 0 spiro atoms. The minimum Gasteiger partial charge on any atom is -0.487 e. The molecule has 0 atom stereocenters. The van der Waals surface area contributed by atoms with Gasteiger partial charge in [-0.15, -0.1) is 0 Å². The van der Waals surface area contributed by atoms with Crippen LogP contribution in [0, 0.1) is 10.1 Å². The largest absolute Gasteiger partial charge is 0.487 e. The van der Waals surface area contributed by atoms with E-state index < -0.39 is 52.4 Å². The molecule has 0 radical (unpaired) electrons. The van der Waals surface area contributed by atoms with Gasteiger partial charge < -0.3 is 14.8 Å². The van der Waals surface area contributed by atoms with Gasteiger partial charge in [0.15, 0.2) is 12.4 Å². The number of anilines is 1. The van der Waals surface area contributed by atoms with Crippen molar-refractivity contribution in [3.8, 4) is 11.5 Å². The van der Waals surface area contributed by atoms with Crippen molar-refractivity contribution in [3.05, 3.63) is 93.5 Å². The number of halogens is 6. The van der Waals surface area contributed by atoms with Crippen LogP contribution in [0.15, 0.2) is 66.7 Å². The second-order valence-corrected chi connectivity index (χ2v) is 7.26. The number of ether oxygens (including phenoxy) is 2.